The fourth-order valence-electron chi connectivity index (χ4n) is 3.01. The second kappa shape index (κ2) is 11.9. The van der Waals surface area contributed by atoms with Gasteiger partial charge in [0.05, 0.1) is 21.2 Å². The van der Waals surface area contributed by atoms with Crippen LogP contribution in [0.5, 0.6) is 0 Å². The lowest BCUT2D eigenvalue weighted by Crippen LogP contribution is -1.89. The number of aliphatic imine (C=N–C) groups is 2. The predicted octanol–water partition coefficient (Wildman–Crippen LogP) is 7.80. The van der Waals surface area contributed by atoms with Gasteiger partial charge in [-0.1, -0.05) is 45.9 Å². The van der Waals surface area contributed by atoms with E-state index in [0.29, 0.717) is 11.1 Å². The minimum Gasteiger partial charge on any atom is -0.258 e. The molecular formula is C26H18N4O4S2. The Hall–Kier alpha value is -4.28. The highest BCUT2D eigenvalue weighted by Gasteiger charge is 2.05. The molecule has 0 radical (unpaired) electrons. The highest BCUT2D eigenvalue weighted by molar-refractivity contribution is 8.76. The van der Waals surface area contributed by atoms with Gasteiger partial charge in [0.15, 0.2) is 0 Å². The fourth-order valence-corrected chi connectivity index (χ4v) is 4.94. The summed E-state index contributed by atoms with van der Waals surface area (Å²) < 4.78 is 0. The van der Waals surface area contributed by atoms with Gasteiger partial charge < -0.3 is 0 Å². The van der Waals surface area contributed by atoms with Crippen LogP contribution in [-0.4, -0.2) is 22.3 Å². The summed E-state index contributed by atoms with van der Waals surface area (Å²) in [6.45, 7) is 0. The van der Waals surface area contributed by atoms with Gasteiger partial charge in [-0.15, -0.1) is 0 Å². The molecule has 178 valence electrons. The highest BCUT2D eigenvalue weighted by Crippen LogP contribution is 2.38. The zero-order chi connectivity index (χ0) is 25.3. The van der Waals surface area contributed by atoms with Crippen molar-refractivity contribution in [3.05, 3.63) is 128 Å². The number of nitro groups is 2. The Kier molecular flexibility index (Phi) is 8.22. The molecule has 0 saturated heterocycles. The molecule has 36 heavy (non-hydrogen) atoms. The smallest absolute Gasteiger partial charge is 0.258 e. The molecule has 0 aliphatic heterocycles. The van der Waals surface area contributed by atoms with Crippen molar-refractivity contribution in [1.29, 1.82) is 0 Å². The maximum atomic E-state index is 10.9. The van der Waals surface area contributed by atoms with Crippen molar-refractivity contribution in [2.45, 2.75) is 9.79 Å². The summed E-state index contributed by atoms with van der Waals surface area (Å²) in [5.74, 6) is 0. The molecule has 4 aromatic rings. The van der Waals surface area contributed by atoms with Crippen molar-refractivity contribution in [1.82, 2.24) is 0 Å². The van der Waals surface area contributed by atoms with Crippen LogP contribution in [0.15, 0.2) is 117 Å². The van der Waals surface area contributed by atoms with E-state index < -0.39 is 9.85 Å². The van der Waals surface area contributed by atoms with Crippen molar-refractivity contribution in [2.24, 2.45) is 9.98 Å². The second-order valence-corrected chi connectivity index (χ2v) is 9.65. The van der Waals surface area contributed by atoms with Crippen LogP contribution in [0.1, 0.15) is 11.1 Å². The summed E-state index contributed by atoms with van der Waals surface area (Å²) >= 11 is 0. The summed E-state index contributed by atoms with van der Waals surface area (Å²) in [5.41, 5.74) is 2.89. The Balaban J connectivity index is 1.31. The summed E-state index contributed by atoms with van der Waals surface area (Å²) in [5, 5.41) is 21.8. The summed E-state index contributed by atoms with van der Waals surface area (Å²) in [6.07, 6.45) is 3.21. The molecule has 10 heteroatoms. The third-order valence-electron chi connectivity index (χ3n) is 4.80. The number of rotatable bonds is 9. The second-order valence-electron chi connectivity index (χ2n) is 7.38. The van der Waals surface area contributed by atoms with Gasteiger partial charge in [-0.25, -0.2) is 0 Å². The Labute approximate surface area is 214 Å². The van der Waals surface area contributed by atoms with Crippen LogP contribution < -0.4 is 0 Å². The number of hydrogen-bond donors (Lipinski definition) is 0. The highest BCUT2D eigenvalue weighted by atomic mass is 33.1. The number of nitrogens with zero attached hydrogens (tertiary/aromatic N) is 4. The lowest BCUT2D eigenvalue weighted by molar-refractivity contribution is -0.385. The molecule has 0 atom stereocenters. The third-order valence-corrected chi connectivity index (χ3v) is 7.21. The quantitative estimate of drug-likeness (QED) is 0.0975. The van der Waals surface area contributed by atoms with Crippen LogP contribution in [0.4, 0.5) is 22.7 Å². The minimum atomic E-state index is -0.428. The molecule has 8 nitrogen and oxygen atoms in total. The van der Waals surface area contributed by atoms with Crippen LogP contribution in [0.2, 0.25) is 0 Å². The van der Waals surface area contributed by atoms with Gasteiger partial charge in [0.25, 0.3) is 11.4 Å². The van der Waals surface area contributed by atoms with Gasteiger partial charge >= 0.3 is 0 Å². The van der Waals surface area contributed by atoms with Crippen LogP contribution in [-0.2, 0) is 0 Å². The SMILES string of the molecule is O=[N+]([O-])c1cccc(/C=N/c2ccc(SSc3ccc(/N=C/c4cccc([N+](=O)[O-])c4)cc3)cc2)c1. The van der Waals surface area contributed by atoms with Crippen LogP contribution >= 0.6 is 21.6 Å². The summed E-state index contributed by atoms with van der Waals surface area (Å²) in [4.78, 5) is 31.8. The number of non-ortho nitro benzene ring substituents is 2. The first kappa shape index (κ1) is 24.8. The summed E-state index contributed by atoms with van der Waals surface area (Å²) in [7, 11) is 3.22. The van der Waals surface area contributed by atoms with E-state index in [1.807, 2.05) is 48.5 Å². The molecule has 0 heterocycles. The van der Waals surface area contributed by atoms with Gasteiger partial charge in [0.2, 0.25) is 0 Å². The number of hydrogen-bond acceptors (Lipinski definition) is 8. The maximum Gasteiger partial charge on any atom is 0.270 e. The molecular weight excluding hydrogens is 496 g/mol. The lowest BCUT2D eigenvalue weighted by Gasteiger charge is -2.03. The molecule has 0 N–H and O–H groups in total. The Bertz CT molecular complexity index is 1330. The first-order valence-electron chi connectivity index (χ1n) is 10.6. The average molecular weight is 515 g/mol. The third kappa shape index (κ3) is 7.11. The van der Waals surface area contributed by atoms with Crippen molar-refractivity contribution >= 4 is 56.8 Å². The molecule has 4 aromatic carbocycles. The van der Waals surface area contributed by atoms with E-state index in [9.17, 15) is 20.2 Å². The van der Waals surface area contributed by atoms with E-state index in [4.69, 9.17) is 0 Å². The van der Waals surface area contributed by atoms with Crippen molar-refractivity contribution < 1.29 is 9.85 Å². The predicted molar refractivity (Wildman–Crippen MR) is 145 cm³/mol. The number of nitro benzene ring substituents is 2. The van der Waals surface area contributed by atoms with E-state index in [-0.39, 0.29) is 11.4 Å². The average Bonchev–Trinajstić information content (AvgIpc) is 2.91. The zero-order valence-electron chi connectivity index (χ0n) is 18.6. The molecule has 4 rings (SSSR count). The Morgan fingerprint density at radius 1 is 0.583 bits per heavy atom. The van der Waals surface area contributed by atoms with Gasteiger partial charge in [0.1, 0.15) is 0 Å². The fraction of sp³-hybridized carbons (Fsp3) is 0. The monoisotopic (exact) mass is 514 g/mol. The first-order chi connectivity index (χ1) is 17.5. The van der Waals surface area contributed by atoms with Crippen LogP contribution in [0.3, 0.4) is 0 Å². The van der Waals surface area contributed by atoms with E-state index in [2.05, 4.69) is 9.98 Å². The molecule has 0 aromatic heterocycles. The summed E-state index contributed by atoms with van der Waals surface area (Å²) in [6, 6.07) is 28.1. The zero-order valence-corrected chi connectivity index (χ0v) is 20.3. The first-order valence-corrected chi connectivity index (χ1v) is 12.7. The molecule has 0 fully saturated rings. The van der Waals surface area contributed by atoms with E-state index in [0.717, 1.165) is 21.2 Å². The molecule has 0 unspecified atom stereocenters. The molecule has 0 aliphatic carbocycles. The van der Waals surface area contributed by atoms with Crippen LogP contribution in [0.25, 0.3) is 0 Å². The standard InChI is InChI=1S/C26H18N4O4S2/c31-29(32)23-5-1-3-19(15-23)17-27-21-7-11-25(12-8-21)35-36-26-13-9-22(10-14-26)28-18-20-4-2-6-24(16-20)30(33)34/h1-18H/b27-17+,28-18+. The van der Waals surface area contributed by atoms with E-state index >= 15 is 0 Å². The van der Waals surface area contributed by atoms with Gasteiger partial charge in [-0.05, 0) is 59.7 Å². The van der Waals surface area contributed by atoms with E-state index in [1.165, 1.54) is 24.3 Å². The minimum absolute atomic E-state index is 0.0324. The molecule has 0 spiro atoms. The normalized spacial score (nSPS) is 11.2. The maximum absolute atomic E-state index is 10.9. The molecule has 0 bridgehead atoms. The van der Waals surface area contributed by atoms with Gasteiger partial charge in [0, 0.05) is 46.5 Å². The molecule has 0 aliphatic rings. The Morgan fingerprint density at radius 3 is 1.33 bits per heavy atom. The van der Waals surface area contributed by atoms with Crippen LogP contribution in [0, 0.1) is 20.2 Å². The van der Waals surface area contributed by atoms with Gasteiger partial charge in [-0.3, -0.25) is 30.2 Å². The van der Waals surface area contributed by atoms with Crippen molar-refractivity contribution in [3.63, 3.8) is 0 Å². The lowest BCUT2D eigenvalue weighted by atomic mass is 10.2. The molecule has 0 amide bonds. The van der Waals surface area contributed by atoms with E-state index in [1.54, 1.807) is 58.3 Å². The van der Waals surface area contributed by atoms with Gasteiger partial charge in [-0.2, -0.15) is 0 Å². The number of benzene rings is 4. The molecule has 0 saturated carbocycles. The Morgan fingerprint density at radius 2 is 0.972 bits per heavy atom. The van der Waals surface area contributed by atoms with Crippen molar-refractivity contribution in [2.75, 3.05) is 0 Å². The largest absolute Gasteiger partial charge is 0.270 e. The topological polar surface area (TPSA) is 111 Å². The van der Waals surface area contributed by atoms with Crippen molar-refractivity contribution in [3.8, 4) is 0 Å².